The molecule has 0 saturated heterocycles. The molecule has 1 aliphatic rings. The van der Waals surface area contributed by atoms with Gasteiger partial charge < -0.3 is 56.8 Å². The van der Waals surface area contributed by atoms with Gasteiger partial charge in [-0.1, -0.05) is 23.3 Å². The van der Waals surface area contributed by atoms with Crippen LogP contribution in [0, 0.1) is 5.92 Å². The molecule has 0 aromatic heterocycles. The lowest BCUT2D eigenvalue weighted by molar-refractivity contribution is 0.306. The van der Waals surface area contributed by atoms with Gasteiger partial charge in [-0.3, -0.25) is 0 Å². The van der Waals surface area contributed by atoms with Crippen LogP contribution in [0.4, 0.5) is 0 Å². The zero-order chi connectivity index (χ0) is 38.7. The molecular weight excluding hydrogens is 689 g/mol. The van der Waals surface area contributed by atoms with Crippen LogP contribution in [0.1, 0.15) is 27.7 Å². The molecule has 12 nitrogen and oxygen atoms in total. The van der Waals surface area contributed by atoms with Crippen molar-refractivity contribution in [3.63, 3.8) is 0 Å². The first-order valence-corrected chi connectivity index (χ1v) is 18.5. The maximum Gasteiger partial charge on any atom is 0.207 e. The van der Waals surface area contributed by atoms with Crippen molar-refractivity contribution in [2.45, 2.75) is 27.7 Å². The topological polar surface area (TPSA) is 111 Å². The van der Waals surface area contributed by atoms with E-state index in [0.29, 0.717) is 84.6 Å². The van der Waals surface area contributed by atoms with Crippen LogP contribution in [0.5, 0.6) is 69.0 Å². The van der Waals surface area contributed by atoms with E-state index in [0.717, 1.165) is 16.3 Å². The second-order valence-corrected chi connectivity index (χ2v) is 15.7. The predicted molar refractivity (Wildman–Crippen MR) is 203 cm³/mol. The van der Waals surface area contributed by atoms with Gasteiger partial charge in [0.25, 0.3) is 0 Å². The molecule has 1 aliphatic carbocycles. The Hall–Kier alpha value is -5.04. The molecular formula is C39H52O12Si. The summed E-state index contributed by atoms with van der Waals surface area (Å²) in [6, 6.07) is 5.81. The van der Waals surface area contributed by atoms with E-state index >= 15 is 0 Å². The first-order valence-electron chi connectivity index (χ1n) is 16.5. The molecule has 3 aromatic carbocycles. The normalized spacial score (nSPS) is 14.2. The molecule has 1 atom stereocenters. The summed E-state index contributed by atoms with van der Waals surface area (Å²) in [6.07, 6.45) is 0. The Balaban J connectivity index is 2.63. The second-order valence-electron chi connectivity index (χ2n) is 12.0. The van der Waals surface area contributed by atoms with Crippen LogP contribution in [-0.4, -0.2) is 93.4 Å². The Bertz CT molecular complexity index is 1710. The van der Waals surface area contributed by atoms with E-state index in [-0.39, 0.29) is 5.92 Å². The van der Waals surface area contributed by atoms with Crippen LogP contribution in [0.2, 0.25) is 0 Å². The number of hydrogen-bond donors (Lipinski definition) is 0. The van der Waals surface area contributed by atoms with Gasteiger partial charge in [0.2, 0.25) is 34.5 Å². The maximum atomic E-state index is 6.39. The molecule has 0 N–H and O–H groups in total. The first kappa shape index (κ1) is 39.7. The van der Waals surface area contributed by atoms with Crippen LogP contribution in [0.25, 0.3) is 0 Å². The molecule has 52 heavy (non-hydrogen) atoms. The Kier molecular flexibility index (Phi) is 12.3. The Morgan fingerprint density at radius 2 is 0.635 bits per heavy atom. The van der Waals surface area contributed by atoms with E-state index in [2.05, 4.69) is 27.7 Å². The molecule has 0 bridgehead atoms. The summed E-state index contributed by atoms with van der Waals surface area (Å²) < 4.78 is 73.2. The van der Waals surface area contributed by atoms with Crippen molar-refractivity contribution < 1.29 is 56.8 Å². The van der Waals surface area contributed by atoms with E-state index < -0.39 is 8.07 Å². The van der Waals surface area contributed by atoms with Crippen LogP contribution in [0.3, 0.4) is 0 Å². The summed E-state index contributed by atoms with van der Waals surface area (Å²) in [5.74, 6) is 4.45. The zero-order valence-corrected chi connectivity index (χ0v) is 34.2. The van der Waals surface area contributed by atoms with E-state index in [1.165, 1.54) is 5.57 Å². The van der Waals surface area contributed by atoms with Gasteiger partial charge in [-0.2, -0.15) is 0 Å². The first-order chi connectivity index (χ1) is 25.0. The van der Waals surface area contributed by atoms with Gasteiger partial charge >= 0.3 is 0 Å². The van der Waals surface area contributed by atoms with Crippen LogP contribution >= 0.6 is 0 Å². The minimum atomic E-state index is -3.97. The molecule has 3 aromatic rings. The highest BCUT2D eigenvalue weighted by Crippen LogP contribution is 2.53. The summed E-state index contributed by atoms with van der Waals surface area (Å²) in [7, 11) is 14.9. The molecule has 4 rings (SSSR count). The van der Waals surface area contributed by atoms with Crippen LogP contribution in [0.15, 0.2) is 40.1 Å². The fraction of sp³-hybridized carbons (Fsp3) is 0.436. The highest BCUT2D eigenvalue weighted by molar-refractivity contribution is 7.17. The van der Waals surface area contributed by atoms with Crippen molar-refractivity contribution in [2.75, 3.05) is 85.3 Å². The highest BCUT2D eigenvalue weighted by Gasteiger charge is 2.56. The monoisotopic (exact) mass is 740 g/mol. The van der Waals surface area contributed by atoms with E-state index in [4.69, 9.17) is 56.8 Å². The minimum Gasteiger partial charge on any atom is -0.493 e. The lowest BCUT2D eigenvalue weighted by Gasteiger charge is -2.41. The smallest absolute Gasteiger partial charge is 0.207 e. The van der Waals surface area contributed by atoms with Gasteiger partial charge in [0.05, 0.1) is 85.3 Å². The predicted octanol–water partition coefficient (Wildman–Crippen LogP) is 5.10. The van der Waals surface area contributed by atoms with Gasteiger partial charge in [0.15, 0.2) is 42.6 Å². The summed E-state index contributed by atoms with van der Waals surface area (Å²) in [6.45, 7) is 8.63. The fourth-order valence-corrected chi connectivity index (χ4v) is 13.7. The summed E-state index contributed by atoms with van der Waals surface area (Å²) in [5.41, 5.74) is 3.44. The molecule has 0 spiro atoms. The Morgan fingerprint density at radius 3 is 0.827 bits per heavy atom. The lowest BCUT2D eigenvalue weighted by atomic mass is 10.1. The fourth-order valence-electron chi connectivity index (χ4n) is 7.67. The van der Waals surface area contributed by atoms with Crippen molar-refractivity contribution >= 4 is 23.6 Å². The van der Waals surface area contributed by atoms with Crippen molar-refractivity contribution in [2.24, 2.45) is 5.92 Å². The number of ether oxygens (including phenoxy) is 12. The Morgan fingerprint density at radius 1 is 0.365 bits per heavy atom. The zero-order valence-electron chi connectivity index (χ0n) is 33.2. The summed E-state index contributed by atoms with van der Waals surface area (Å²) >= 11 is 0. The standard InChI is InChI=1S/C39H52O12Si/c1-20-21(2)23(4)39(22(20)3)52(27-17-24(40-5)30(43-8)36(49-14)33(27)46-11,28-18-25(41-6)31(44-9)37(50-15)34(28)47-12)29-19-26(42-7)32(45-10)38(51-16)35(29)48-13/h17-19,22H,1-16H3. The number of hydrogen-bond acceptors (Lipinski definition) is 12. The quantitative estimate of drug-likeness (QED) is 0.144. The number of benzene rings is 3. The van der Waals surface area contributed by atoms with Crippen LogP contribution < -0.4 is 72.4 Å². The second kappa shape index (κ2) is 16.1. The van der Waals surface area contributed by atoms with Crippen molar-refractivity contribution in [3.8, 4) is 69.0 Å². The maximum absolute atomic E-state index is 6.39. The number of allylic oxidation sites excluding steroid dienone is 4. The van der Waals surface area contributed by atoms with E-state index in [1.807, 2.05) is 18.2 Å². The van der Waals surface area contributed by atoms with Crippen LogP contribution in [-0.2, 0) is 0 Å². The van der Waals surface area contributed by atoms with Gasteiger partial charge in [-0.25, -0.2) is 0 Å². The molecule has 0 heterocycles. The molecule has 1 unspecified atom stereocenters. The molecule has 0 amide bonds. The SMILES string of the molecule is COc1cc([Si](C2=C(C)C(C)=C(C)C2C)(c2cc(OC)c(OC)c(OC)c2OC)c2cc(OC)c(OC)c(OC)c2OC)c(OC)c(OC)c1OC. The van der Waals surface area contributed by atoms with Gasteiger partial charge in [0.1, 0.15) is 0 Å². The number of rotatable bonds is 16. The third-order valence-electron chi connectivity index (χ3n) is 10.2. The van der Waals surface area contributed by atoms with Gasteiger partial charge in [0, 0.05) is 15.6 Å². The molecule has 0 aliphatic heterocycles. The van der Waals surface area contributed by atoms with E-state index in [1.54, 1.807) is 85.3 Å². The van der Waals surface area contributed by atoms with Crippen molar-refractivity contribution in [3.05, 3.63) is 40.1 Å². The van der Waals surface area contributed by atoms with Crippen molar-refractivity contribution in [1.82, 2.24) is 0 Å². The third-order valence-corrected chi connectivity index (χ3v) is 15.4. The molecule has 0 fully saturated rings. The van der Waals surface area contributed by atoms with Gasteiger partial charge in [-0.15, -0.1) is 0 Å². The van der Waals surface area contributed by atoms with Gasteiger partial charge in [-0.05, 0) is 50.5 Å². The van der Waals surface area contributed by atoms with Crippen molar-refractivity contribution in [1.29, 1.82) is 0 Å². The highest BCUT2D eigenvalue weighted by atomic mass is 28.3. The third kappa shape index (κ3) is 5.75. The van der Waals surface area contributed by atoms with E-state index in [9.17, 15) is 0 Å². The summed E-state index contributed by atoms with van der Waals surface area (Å²) in [5, 5.41) is 3.24. The Labute approximate surface area is 308 Å². The molecule has 13 heteroatoms. The average molecular weight is 741 g/mol. The summed E-state index contributed by atoms with van der Waals surface area (Å²) in [4.78, 5) is 0. The average Bonchev–Trinajstić information content (AvgIpc) is 3.37. The molecule has 0 radical (unpaired) electrons. The number of methoxy groups -OCH3 is 12. The largest absolute Gasteiger partial charge is 0.493 e. The minimum absolute atomic E-state index is 0.0944. The molecule has 284 valence electrons. The molecule has 0 saturated carbocycles. The lowest BCUT2D eigenvalue weighted by Crippen LogP contribution is -2.70.